The molecule has 3 heteroatoms. The molecule has 3 nitrogen and oxygen atoms in total. The quantitative estimate of drug-likeness (QED) is 0.713. The molecule has 1 atom stereocenters. The zero-order valence-electron chi connectivity index (χ0n) is 9.65. The molecular formula is C13H19NO2. The fourth-order valence-corrected chi connectivity index (χ4v) is 1.53. The predicted octanol–water partition coefficient (Wildman–Crippen LogP) is 1.36. The van der Waals surface area contributed by atoms with Gasteiger partial charge in [-0.1, -0.05) is 37.3 Å². The summed E-state index contributed by atoms with van der Waals surface area (Å²) in [6.07, 6.45) is 1.37. The van der Waals surface area contributed by atoms with E-state index in [-0.39, 0.29) is 18.4 Å². The summed E-state index contributed by atoms with van der Waals surface area (Å²) in [4.78, 5) is 11.6. The Balaban J connectivity index is 2.34. The average molecular weight is 221 g/mol. The minimum Gasteiger partial charge on any atom is -0.396 e. The highest BCUT2D eigenvalue weighted by Gasteiger charge is 2.12. The first kappa shape index (κ1) is 12.7. The number of hydrogen-bond acceptors (Lipinski definition) is 2. The van der Waals surface area contributed by atoms with Crippen molar-refractivity contribution in [1.82, 2.24) is 5.32 Å². The molecule has 1 unspecified atom stereocenters. The normalized spacial score (nSPS) is 12.1. The van der Waals surface area contributed by atoms with E-state index in [4.69, 9.17) is 5.11 Å². The van der Waals surface area contributed by atoms with Crippen LogP contribution in [0.2, 0.25) is 0 Å². The maximum Gasteiger partial charge on any atom is 0.223 e. The summed E-state index contributed by atoms with van der Waals surface area (Å²) in [6, 6.07) is 9.97. The second kappa shape index (κ2) is 7.01. The molecule has 88 valence electrons. The van der Waals surface area contributed by atoms with Gasteiger partial charge in [-0.3, -0.25) is 4.79 Å². The van der Waals surface area contributed by atoms with Crippen molar-refractivity contribution in [3.8, 4) is 0 Å². The van der Waals surface area contributed by atoms with Crippen LogP contribution in [0, 0.1) is 5.92 Å². The Hall–Kier alpha value is -1.35. The van der Waals surface area contributed by atoms with Crippen molar-refractivity contribution in [2.75, 3.05) is 13.2 Å². The number of rotatable bonds is 6. The molecule has 2 N–H and O–H groups in total. The van der Waals surface area contributed by atoms with Crippen molar-refractivity contribution >= 4 is 5.91 Å². The first-order chi connectivity index (χ1) is 7.74. The van der Waals surface area contributed by atoms with Gasteiger partial charge in [-0.05, 0) is 18.4 Å². The molecule has 0 aromatic heterocycles. The Morgan fingerprint density at radius 1 is 1.38 bits per heavy atom. The molecular weight excluding hydrogens is 202 g/mol. The van der Waals surface area contributed by atoms with Crippen molar-refractivity contribution in [3.05, 3.63) is 35.9 Å². The standard InChI is InChI=1S/C13H19NO2/c1-11(13(16)14-8-5-9-15)10-12-6-3-2-4-7-12/h2-4,6-7,11,15H,5,8-10H2,1H3,(H,14,16). The minimum atomic E-state index is -0.0268. The number of aliphatic hydroxyl groups is 1. The van der Waals surface area contributed by atoms with E-state index in [1.807, 2.05) is 37.3 Å². The van der Waals surface area contributed by atoms with Crippen LogP contribution in [0.4, 0.5) is 0 Å². The molecule has 1 aromatic rings. The van der Waals surface area contributed by atoms with Crippen LogP contribution in [0.1, 0.15) is 18.9 Å². The van der Waals surface area contributed by atoms with Crippen LogP contribution in [0.5, 0.6) is 0 Å². The molecule has 1 aromatic carbocycles. The van der Waals surface area contributed by atoms with Crippen LogP contribution >= 0.6 is 0 Å². The Morgan fingerprint density at radius 3 is 2.69 bits per heavy atom. The second-order valence-electron chi connectivity index (χ2n) is 3.96. The molecule has 0 radical (unpaired) electrons. The van der Waals surface area contributed by atoms with E-state index < -0.39 is 0 Å². The first-order valence-corrected chi connectivity index (χ1v) is 5.66. The SMILES string of the molecule is CC(Cc1ccccc1)C(=O)NCCCO. The number of nitrogens with one attached hydrogen (secondary N) is 1. The van der Waals surface area contributed by atoms with E-state index >= 15 is 0 Å². The van der Waals surface area contributed by atoms with Gasteiger partial charge in [-0.15, -0.1) is 0 Å². The van der Waals surface area contributed by atoms with Gasteiger partial charge in [0.15, 0.2) is 0 Å². The van der Waals surface area contributed by atoms with Gasteiger partial charge in [0.1, 0.15) is 0 Å². The number of amides is 1. The highest BCUT2D eigenvalue weighted by atomic mass is 16.3. The summed E-state index contributed by atoms with van der Waals surface area (Å²) >= 11 is 0. The monoisotopic (exact) mass is 221 g/mol. The van der Waals surface area contributed by atoms with Crippen LogP contribution in [0.3, 0.4) is 0 Å². The molecule has 0 bridgehead atoms. The lowest BCUT2D eigenvalue weighted by Crippen LogP contribution is -2.31. The lowest BCUT2D eigenvalue weighted by Gasteiger charge is -2.11. The fourth-order valence-electron chi connectivity index (χ4n) is 1.53. The number of hydrogen-bond donors (Lipinski definition) is 2. The molecule has 0 aliphatic heterocycles. The summed E-state index contributed by atoms with van der Waals surface area (Å²) in [5, 5.41) is 11.4. The first-order valence-electron chi connectivity index (χ1n) is 5.66. The molecule has 0 saturated heterocycles. The van der Waals surface area contributed by atoms with Crippen LogP contribution in [-0.2, 0) is 11.2 Å². The van der Waals surface area contributed by atoms with Gasteiger partial charge in [0, 0.05) is 19.1 Å². The Kier molecular flexibility index (Phi) is 5.57. The number of aliphatic hydroxyl groups excluding tert-OH is 1. The van der Waals surface area contributed by atoms with Gasteiger partial charge < -0.3 is 10.4 Å². The van der Waals surface area contributed by atoms with Gasteiger partial charge >= 0.3 is 0 Å². The molecule has 0 spiro atoms. The fraction of sp³-hybridized carbons (Fsp3) is 0.462. The van der Waals surface area contributed by atoms with Gasteiger partial charge in [0.2, 0.25) is 5.91 Å². The third kappa shape index (κ3) is 4.45. The van der Waals surface area contributed by atoms with Crippen molar-refractivity contribution in [2.24, 2.45) is 5.92 Å². The molecule has 0 aliphatic rings. The smallest absolute Gasteiger partial charge is 0.223 e. The summed E-state index contributed by atoms with van der Waals surface area (Å²) in [5.41, 5.74) is 1.17. The third-order valence-electron chi connectivity index (χ3n) is 2.47. The van der Waals surface area contributed by atoms with Crippen LogP contribution in [0.15, 0.2) is 30.3 Å². The van der Waals surface area contributed by atoms with E-state index in [0.717, 1.165) is 6.42 Å². The summed E-state index contributed by atoms with van der Waals surface area (Å²) < 4.78 is 0. The summed E-state index contributed by atoms with van der Waals surface area (Å²) in [5.74, 6) is 0.0263. The van der Waals surface area contributed by atoms with Crippen molar-refractivity contribution in [1.29, 1.82) is 0 Å². The van der Waals surface area contributed by atoms with Crippen molar-refractivity contribution in [2.45, 2.75) is 19.8 Å². The lowest BCUT2D eigenvalue weighted by molar-refractivity contribution is -0.124. The Labute approximate surface area is 96.5 Å². The second-order valence-corrected chi connectivity index (χ2v) is 3.96. The third-order valence-corrected chi connectivity index (χ3v) is 2.47. The largest absolute Gasteiger partial charge is 0.396 e. The molecule has 1 rings (SSSR count). The maximum absolute atomic E-state index is 11.6. The zero-order chi connectivity index (χ0) is 11.8. The zero-order valence-corrected chi connectivity index (χ0v) is 9.65. The Bertz CT molecular complexity index is 311. The van der Waals surface area contributed by atoms with E-state index in [9.17, 15) is 4.79 Å². The minimum absolute atomic E-state index is 0.0268. The van der Waals surface area contributed by atoms with E-state index in [1.54, 1.807) is 0 Å². The number of benzene rings is 1. The average Bonchev–Trinajstić information content (AvgIpc) is 2.30. The van der Waals surface area contributed by atoms with E-state index in [2.05, 4.69) is 5.32 Å². The van der Waals surface area contributed by atoms with Crippen LogP contribution in [0.25, 0.3) is 0 Å². The number of carbonyl (C=O) groups is 1. The summed E-state index contributed by atoms with van der Waals surface area (Å²) in [7, 11) is 0. The topological polar surface area (TPSA) is 49.3 Å². The van der Waals surface area contributed by atoms with Crippen LogP contribution in [-0.4, -0.2) is 24.2 Å². The molecule has 0 saturated carbocycles. The molecule has 1 amide bonds. The van der Waals surface area contributed by atoms with Crippen LogP contribution < -0.4 is 5.32 Å². The summed E-state index contributed by atoms with van der Waals surface area (Å²) in [6.45, 7) is 2.59. The lowest BCUT2D eigenvalue weighted by atomic mass is 10.0. The Morgan fingerprint density at radius 2 is 2.06 bits per heavy atom. The maximum atomic E-state index is 11.6. The van der Waals surface area contributed by atoms with Gasteiger partial charge in [-0.25, -0.2) is 0 Å². The van der Waals surface area contributed by atoms with E-state index in [0.29, 0.717) is 13.0 Å². The number of carbonyl (C=O) groups excluding carboxylic acids is 1. The highest BCUT2D eigenvalue weighted by Crippen LogP contribution is 2.07. The molecule has 0 aliphatic carbocycles. The van der Waals surface area contributed by atoms with Gasteiger partial charge in [-0.2, -0.15) is 0 Å². The molecule has 16 heavy (non-hydrogen) atoms. The van der Waals surface area contributed by atoms with E-state index in [1.165, 1.54) is 5.56 Å². The highest BCUT2D eigenvalue weighted by molar-refractivity contribution is 5.78. The predicted molar refractivity (Wildman–Crippen MR) is 64.0 cm³/mol. The van der Waals surface area contributed by atoms with Crippen molar-refractivity contribution in [3.63, 3.8) is 0 Å². The van der Waals surface area contributed by atoms with Gasteiger partial charge in [0.05, 0.1) is 0 Å². The molecule has 0 fully saturated rings. The molecule has 0 heterocycles. The van der Waals surface area contributed by atoms with Gasteiger partial charge in [0.25, 0.3) is 0 Å². The van der Waals surface area contributed by atoms with Crippen molar-refractivity contribution < 1.29 is 9.90 Å².